The maximum atomic E-state index is 12.2. The van der Waals surface area contributed by atoms with Crippen molar-refractivity contribution in [2.75, 3.05) is 20.2 Å². The van der Waals surface area contributed by atoms with E-state index in [0.29, 0.717) is 10.7 Å². The third kappa shape index (κ3) is 3.57. The molecule has 0 unspecified atom stereocenters. The number of aromatic hydroxyl groups is 1. The normalized spacial score (nSPS) is 26.0. The van der Waals surface area contributed by atoms with Gasteiger partial charge in [0.05, 0.1) is 24.2 Å². The zero-order chi connectivity index (χ0) is 17.3. The van der Waals surface area contributed by atoms with Crippen LogP contribution in [0, 0.1) is 0 Å². The lowest BCUT2D eigenvalue weighted by Gasteiger charge is -2.35. The number of carbonyl (C=O) groups excluding carboxylic acids is 1. The predicted molar refractivity (Wildman–Crippen MR) is 94.3 cm³/mol. The third-order valence-electron chi connectivity index (χ3n) is 3.80. The Balaban J connectivity index is 1.77. The number of aliphatic imine (C=N–C) groups is 1. The van der Waals surface area contributed by atoms with Crippen molar-refractivity contribution in [2.45, 2.75) is 26.1 Å². The Bertz CT molecular complexity index is 707. The molecule has 7 heteroatoms. The molecular weight excluding hydrogens is 328 g/mol. The highest BCUT2D eigenvalue weighted by Gasteiger charge is 2.31. The van der Waals surface area contributed by atoms with Gasteiger partial charge in [0.15, 0.2) is 16.7 Å². The van der Waals surface area contributed by atoms with Crippen LogP contribution in [0.5, 0.6) is 11.5 Å². The van der Waals surface area contributed by atoms with Gasteiger partial charge in [-0.15, -0.1) is 0 Å². The van der Waals surface area contributed by atoms with E-state index in [9.17, 15) is 9.90 Å². The minimum Gasteiger partial charge on any atom is -0.504 e. The Morgan fingerprint density at radius 2 is 2.08 bits per heavy atom. The molecule has 128 valence electrons. The van der Waals surface area contributed by atoms with Crippen molar-refractivity contribution in [2.24, 2.45) is 4.99 Å². The first-order valence-corrected chi connectivity index (χ1v) is 8.58. The molecule has 2 heterocycles. The average molecular weight is 348 g/mol. The van der Waals surface area contributed by atoms with Crippen LogP contribution in [0.15, 0.2) is 28.1 Å². The average Bonchev–Trinajstić information content (AvgIpc) is 2.89. The van der Waals surface area contributed by atoms with Gasteiger partial charge in [0.25, 0.3) is 5.91 Å². The van der Waals surface area contributed by atoms with E-state index in [1.54, 1.807) is 24.3 Å². The van der Waals surface area contributed by atoms with Crippen LogP contribution in [0.25, 0.3) is 6.08 Å². The lowest BCUT2D eigenvalue weighted by molar-refractivity contribution is -0.113. The zero-order valence-corrected chi connectivity index (χ0v) is 14.7. The van der Waals surface area contributed by atoms with Crippen molar-refractivity contribution in [3.05, 3.63) is 28.7 Å². The lowest BCUT2D eigenvalue weighted by Crippen LogP contribution is -2.47. The van der Waals surface area contributed by atoms with Crippen LogP contribution >= 0.6 is 11.8 Å². The quantitative estimate of drug-likeness (QED) is 0.828. The Morgan fingerprint density at radius 3 is 2.75 bits per heavy atom. The van der Waals surface area contributed by atoms with Crippen molar-refractivity contribution in [1.29, 1.82) is 0 Å². The van der Waals surface area contributed by atoms with E-state index in [1.807, 2.05) is 13.8 Å². The van der Waals surface area contributed by atoms with Crippen molar-refractivity contribution < 1.29 is 19.4 Å². The van der Waals surface area contributed by atoms with Crippen LogP contribution in [0.3, 0.4) is 0 Å². The molecule has 0 saturated carbocycles. The number of phenols is 1. The summed E-state index contributed by atoms with van der Waals surface area (Å²) < 4.78 is 10.8. The van der Waals surface area contributed by atoms with E-state index >= 15 is 0 Å². The van der Waals surface area contributed by atoms with Crippen molar-refractivity contribution in [3.63, 3.8) is 0 Å². The number of thioether (sulfide) groups is 1. The summed E-state index contributed by atoms with van der Waals surface area (Å²) in [5.41, 5.74) is 0.778. The second-order valence-electron chi connectivity index (χ2n) is 5.90. The van der Waals surface area contributed by atoms with Gasteiger partial charge in [-0.1, -0.05) is 6.07 Å². The second kappa shape index (κ2) is 6.86. The topological polar surface area (TPSA) is 71.4 Å². The predicted octanol–water partition coefficient (Wildman–Crippen LogP) is 2.48. The smallest absolute Gasteiger partial charge is 0.286 e. The Labute approximate surface area is 145 Å². The molecule has 1 amide bonds. The molecule has 0 bridgehead atoms. The molecule has 24 heavy (non-hydrogen) atoms. The van der Waals surface area contributed by atoms with Gasteiger partial charge in [-0.25, -0.2) is 0 Å². The Hall–Kier alpha value is -1.99. The number of ether oxygens (including phenoxy) is 2. The number of methoxy groups -OCH3 is 1. The van der Waals surface area contributed by atoms with Crippen LogP contribution < -0.4 is 4.74 Å². The maximum absolute atomic E-state index is 12.2. The van der Waals surface area contributed by atoms with Crippen LogP contribution in [0.1, 0.15) is 19.4 Å². The van der Waals surface area contributed by atoms with E-state index in [0.717, 1.165) is 23.8 Å². The van der Waals surface area contributed by atoms with E-state index in [2.05, 4.69) is 9.89 Å². The van der Waals surface area contributed by atoms with Crippen LogP contribution in [0.2, 0.25) is 0 Å². The first-order valence-electron chi connectivity index (χ1n) is 7.76. The fraction of sp³-hybridized carbons (Fsp3) is 0.412. The molecule has 1 aromatic rings. The number of hydrogen-bond acceptors (Lipinski definition) is 6. The monoisotopic (exact) mass is 348 g/mol. The maximum Gasteiger partial charge on any atom is 0.286 e. The summed E-state index contributed by atoms with van der Waals surface area (Å²) in [7, 11) is 1.49. The minimum absolute atomic E-state index is 0.0679. The molecule has 2 atom stereocenters. The zero-order valence-electron chi connectivity index (χ0n) is 13.9. The molecule has 6 nitrogen and oxygen atoms in total. The number of amides is 1. The van der Waals surface area contributed by atoms with Gasteiger partial charge in [0, 0.05) is 13.1 Å². The first-order chi connectivity index (χ1) is 11.5. The molecule has 0 spiro atoms. The van der Waals surface area contributed by atoms with E-state index < -0.39 is 0 Å². The third-order valence-corrected chi connectivity index (χ3v) is 4.85. The number of carbonyl (C=O) groups is 1. The summed E-state index contributed by atoms with van der Waals surface area (Å²) in [5.74, 6) is 0.198. The molecule has 1 N–H and O–H groups in total. The molecule has 2 aliphatic heterocycles. The van der Waals surface area contributed by atoms with Gasteiger partial charge in [-0.05, 0) is 49.4 Å². The molecular formula is C17H20N2O4S. The summed E-state index contributed by atoms with van der Waals surface area (Å²) in [6, 6.07) is 4.96. The number of rotatable bonds is 2. The number of benzene rings is 1. The number of morpholine rings is 1. The fourth-order valence-corrected chi connectivity index (χ4v) is 3.73. The van der Waals surface area contributed by atoms with Gasteiger partial charge < -0.3 is 19.5 Å². The van der Waals surface area contributed by atoms with Crippen LogP contribution in [0.4, 0.5) is 0 Å². The van der Waals surface area contributed by atoms with Crippen LogP contribution in [-0.4, -0.2) is 53.5 Å². The molecule has 0 radical (unpaired) electrons. The second-order valence-corrected chi connectivity index (χ2v) is 6.91. The number of amidine groups is 1. The highest BCUT2D eigenvalue weighted by Crippen LogP contribution is 2.33. The van der Waals surface area contributed by atoms with Crippen molar-refractivity contribution in [3.8, 4) is 11.5 Å². The molecule has 1 saturated heterocycles. The number of hydrogen-bond donors (Lipinski definition) is 1. The highest BCUT2D eigenvalue weighted by atomic mass is 32.2. The van der Waals surface area contributed by atoms with Gasteiger partial charge in [0.1, 0.15) is 0 Å². The van der Waals surface area contributed by atoms with Crippen molar-refractivity contribution >= 4 is 28.9 Å². The summed E-state index contributed by atoms with van der Waals surface area (Å²) in [6.45, 7) is 5.49. The standard InChI is InChI=1S/C17H20N2O4S/c1-10-8-19(9-11(2)23-10)17-18-16(21)15(24-17)7-12-4-5-13(20)14(6-12)22-3/h4-7,10-11,20H,8-9H2,1-3H3/b15-7-/t10-,11+. The molecule has 2 aliphatic rings. The van der Waals surface area contributed by atoms with E-state index in [4.69, 9.17) is 9.47 Å². The van der Waals surface area contributed by atoms with Gasteiger partial charge in [-0.3, -0.25) is 4.79 Å². The highest BCUT2D eigenvalue weighted by molar-refractivity contribution is 8.18. The summed E-state index contributed by atoms with van der Waals surface area (Å²) in [4.78, 5) is 19.0. The minimum atomic E-state index is -0.242. The Kier molecular flexibility index (Phi) is 4.82. The summed E-state index contributed by atoms with van der Waals surface area (Å²) >= 11 is 1.37. The molecule has 1 fully saturated rings. The van der Waals surface area contributed by atoms with E-state index in [-0.39, 0.29) is 23.9 Å². The largest absolute Gasteiger partial charge is 0.504 e. The van der Waals surface area contributed by atoms with Gasteiger partial charge >= 0.3 is 0 Å². The molecule has 0 aromatic heterocycles. The summed E-state index contributed by atoms with van der Waals surface area (Å²) in [6.07, 6.45) is 1.99. The van der Waals surface area contributed by atoms with Gasteiger partial charge in [-0.2, -0.15) is 4.99 Å². The molecule has 0 aliphatic carbocycles. The molecule has 1 aromatic carbocycles. The van der Waals surface area contributed by atoms with E-state index in [1.165, 1.54) is 18.9 Å². The number of nitrogens with zero attached hydrogens (tertiary/aromatic N) is 2. The molecule has 3 rings (SSSR count). The first kappa shape index (κ1) is 16.9. The summed E-state index contributed by atoms with van der Waals surface area (Å²) in [5, 5.41) is 10.4. The number of phenolic OH excluding ortho intramolecular Hbond substituents is 1. The van der Waals surface area contributed by atoms with Crippen molar-refractivity contribution in [1.82, 2.24) is 4.90 Å². The van der Waals surface area contributed by atoms with Crippen LogP contribution in [-0.2, 0) is 9.53 Å². The lowest BCUT2D eigenvalue weighted by atomic mass is 10.2. The van der Waals surface area contributed by atoms with Gasteiger partial charge in [0.2, 0.25) is 0 Å². The SMILES string of the molecule is COc1cc(/C=C2\SC(N3C[C@@H](C)O[C@@H](C)C3)=NC2=O)ccc1O. The Morgan fingerprint density at radius 1 is 1.38 bits per heavy atom. The fourth-order valence-electron chi connectivity index (χ4n) is 2.80.